The minimum absolute atomic E-state index is 0.554. The molecular formula is C13H15ClN4. The first-order valence-electron chi connectivity index (χ1n) is 5.68. The average Bonchev–Trinajstić information content (AvgIpc) is 2.37. The Morgan fingerprint density at radius 1 is 1.33 bits per heavy atom. The first kappa shape index (κ1) is 12.6. The van der Waals surface area contributed by atoms with Crippen LogP contribution in [0.5, 0.6) is 0 Å². The molecule has 0 aliphatic carbocycles. The fourth-order valence-electron chi connectivity index (χ4n) is 1.72. The predicted octanol–water partition coefficient (Wildman–Crippen LogP) is 2.39. The van der Waals surface area contributed by atoms with Gasteiger partial charge in [0.15, 0.2) is 5.82 Å². The van der Waals surface area contributed by atoms with Crippen molar-refractivity contribution in [3.63, 3.8) is 0 Å². The maximum Gasteiger partial charge on any atom is 0.151 e. The van der Waals surface area contributed by atoms with Crippen molar-refractivity contribution in [1.82, 2.24) is 9.97 Å². The third-order valence-electron chi connectivity index (χ3n) is 2.71. The van der Waals surface area contributed by atoms with Crippen LogP contribution in [0.1, 0.15) is 5.56 Å². The number of nitrogens with zero attached hydrogens (tertiary/aromatic N) is 3. The molecule has 2 heterocycles. The molecule has 5 heteroatoms. The molecule has 0 unspecified atom stereocenters. The van der Waals surface area contributed by atoms with Gasteiger partial charge in [0.1, 0.15) is 0 Å². The summed E-state index contributed by atoms with van der Waals surface area (Å²) >= 11 is 5.83. The summed E-state index contributed by atoms with van der Waals surface area (Å²) in [6.45, 7) is 0.836. The lowest BCUT2D eigenvalue weighted by atomic mass is 10.2. The van der Waals surface area contributed by atoms with Crippen LogP contribution in [0.2, 0.25) is 5.02 Å². The minimum atomic E-state index is 0.554. The zero-order chi connectivity index (χ0) is 13.0. The molecule has 0 aliphatic rings. The highest BCUT2D eigenvalue weighted by molar-refractivity contribution is 6.30. The van der Waals surface area contributed by atoms with Crippen molar-refractivity contribution in [2.24, 2.45) is 0 Å². The van der Waals surface area contributed by atoms with E-state index in [1.54, 1.807) is 24.7 Å². The third-order valence-corrected chi connectivity index (χ3v) is 2.92. The second kappa shape index (κ2) is 5.69. The molecule has 0 aromatic carbocycles. The van der Waals surface area contributed by atoms with Crippen molar-refractivity contribution < 1.29 is 0 Å². The molecule has 2 N–H and O–H groups in total. The van der Waals surface area contributed by atoms with Gasteiger partial charge in [-0.25, -0.2) is 4.98 Å². The van der Waals surface area contributed by atoms with E-state index in [0.29, 0.717) is 10.7 Å². The zero-order valence-corrected chi connectivity index (χ0v) is 10.9. The Morgan fingerprint density at radius 3 is 2.72 bits per heavy atom. The first-order valence-corrected chi connectivity index (χ1v) is 6.05. The number of hydrogen-bond donors (Lipinski definition) is 1. The van der Waals surface area contributed by atoms with Gasteiger partial charge in [0.25, 0.3) is 0 Å². The molecule has 0 saturated carbocycles. The van der Waals surface area contributed by atoms with Crippen LogP contribution in [0, 0.1) is 0 Å². The second-order valence-corrected chi connectivity index (χ2v) is 4.53. The topological polar surface area (TPSA) is 55.0 Å². The molecular weight excluding hydrogens is 248 g/mol. The Kier molecular flexibility index (Phi) is 3.99. The molecule has 0 fully saturated rings. The highest BCUT2D eigenvalue weighted by Gasteiger charge is 2.07. The summed E-state index contributed by atoms with van der Waals surface area (Å²) in [7, 11) is 1.97. The van der Waals surface area contributed by atoms with Crippen LogP contribution in [-0.2, 0) is 6.42 Å². The maximum absolute atomic E-state index is 5.89. The third kappa shape index (κ3) is 3.11. The van der Waals surface area contributed by atoms with E-state index in [2.05, 4.69) is 9.97 Å². The van der Waals surface area contributed by atoms with E-state index in [-0.39, 0.29) is 0 Å². The highest BCUT2D eigenvalue weighted by Crippen LogP contribution is 2.22. The van der Waals surface area contributed by atoms with Crippen LogP contribution in [0.25, 0.3) is 0 Å². The van der Waals surface area contributed by atoms with Gasteiger partial charge in [0.2, 0.25) is 0 Å². The van der Waals surface area contributed by atoms with Gasteiger partial charge in [0.05, 0.1) is 10.7 Å². The van der Waals surface area contributed by atoms with Crippen molar-refractivity contribution in [3.8, 4) is 0 Å². The van der Waals surface area contributed by atoms with Crippen LogP contribution in [0.3, 0.4) is 0 Å². The summed E-state index contributed by atoms with van der Waals surface area (Å²) in [6.07, 6.45) is 6.12. The summed E-state index contributed by atoms with van der Waals surface area (Å²) in [4.78, 5) is 10.3. The monoisotopic (exact) mass is 262 g/mol. The lowest BCUT2D eigenvalue weighted by Gasteiger charge is -2.19. The number of likely N-dealkylation sites (N-methyl/N-ethyl adjacent to an activating group) is 1. The molecule has 0 spiro atoms. The summed E-state index contributed by atoms with van der Waals surface area (Å²) in [6, 6.07) is 5.73. The van der Waals surface area contributed by atoms with E-state index in [0.717, 1.165) is 18.8 Å². The molecule has 0 radical (unpaired) electrons. The van der Waals surface area contributed by atoms with Gasteiger partial charge >= 0.3 is 0 Å². The molecule has 0 saturated heterocycles. The van der Waals surface area contributed by atoms with E-state index >= 15 is 0 Å². The number of rotatable bonds is 4. The number of aromatic nitrogens is 2. The van der Waals surface area contributed by atoms with E-state index in [9.17, 15) is 0 Å². The van der Waals surface area contributed by atoms with Crippen molar-refractivity contribution in [3.05, 3.63) is 47.4 Å². The highest BCUT2D eigenvalue weighted by atomic mass is 35.5. The Hall–Kier alpha value is -1.81. The van der Waals surface area contributed by atoms with E-state index in [1.165, 1.54) is 5.56 Å². The Balaban J connectivity index is 2.01. The van der Waals surface area contributed by atoms with Crippen LogP contribution >= 0.6 is 11.6 Å². The van der Waals surface area contributed by atoms with Crippen molar-refractivity contribution in [1.29, 1.82) is 0 Å². The molecule has 2 aromatic heterocycles. The number of pyridine rings is 2. The Bertz CT molecular complexity index is 516. The second-order valence-electron chi connectivity index (χ2n) is 4.09. The largest absolute Gasteiger partial charge is 0.396 e. The lowest BCUT2D eigenvalue weighted by Crippen LogP contribution is -2.22. The van der Waals surface area contributed by atoms with Gasteiger partial charge in [0, 0.05) is 32.2 Å². The van der Waals surface area contributed by atoms with Gasteiger partial charge in [-0.15, -0.1) is 0 Å². The van der Waals surface area contributed by atoms with Crippen molar-refractivity contribution in [2.75, 3.05) is 24.2 Å². The zero-order valence-electron chi connectivity index (χ0n) is 10.2. The number of halogens is 1. The summed E-state index contributed by atoms with van der Waals surface area (Å²) < 4.78 is 0. The molecule has 0 aliphatic heterocycles. The van der Waals surface area contributed by atoms with Gasteiger partial charge < -0.3 is 10.6 Å². The van der Waals surface area contributed by atoms with E-state index in [4.69, 9.17) is 17.3 Å². The molecule has 0 amide bonds. The number of hydrogen-bond acceptors (Lipinski definition) is 4. The Morgan fingerprint density at radius 2 is 2.06 bits per heavy atom. The molecule has 2 aromatic rings. The SMILES string of the molecule is CN(CCc1ccncc1)c1ncc(Cl)cc1N. The summed E-state index contributed by atoms with van der Waals surface area (Å²) in [5.74, 6) is 0.758. The molecule has 94 valence electrons. The molecule has 0 atom stereocenters. The van der Waals surface area contributed by atoms with Gasteiger partial charge in [-0.05, 0) is 30.2 Å². The fourth-order valence-corrected chi connectivity index (χ4v) is 1.89. The Labute approximate surface area is 111 Å². The number of anilines is 2. The standard InChI is InChI=1S/C13H15ClN4/c1-18(7-4-10-2-5-16-6-3-10)13-12(15)8-11(14)9-17-13/h2-3,5-6,8-9H,4,7,15H2,1H3. The average molecular weight is 263 g/mol. The fraction of sp³-hybridized carbons (Fsp3) is 0.231. The number of nitrogen functional groups attached to an aromatic ring is 1. The van der Waals surface area contributed by atoms with Crippen LogP contribution < -0.4 is 10.6 Å². The molecule has 18 heavy (non-hydrogen) atoms. The molecule has 0 bridgehead atoms. The van der Waals surface area contributed by atoms with E-state index in [1.807, 2.05) is 24.1 Å². The summed E-state index contributed by atoms with van der Waals surface area (Å²) in [5, 5.41) is 0.554. The van der Waals surface area contributed by atoms with Gasteiger partial charge in [-0.3, -0.25) is 4.98 Å². The lowest BCUT2D eigenvalue weighted by molar-refractivity contribution is 0.860. The van der Waals surface area contributed by atoms with Gasteiger partial charge in [-0.1, -0.05) is 11.6 Å². The molecule has 2 rings (SSSR count). The molecule has 4 nitrogen and oxygen atoms in total. The maximum atomic E-state index is 5.89. The van der Waals surface area contributed by atoms with Crippen LogP contribution in [0.4, 0.5) is 11.5 Å². The first-order chi connectivity index (χ1) is 8.66. The van der Waals surface area contributed by atoms with E-state index < -0.39 is 0 Å². The normalized spacial score (nSPS) is 10.3. The predicted molar refractivity (Wildman–Crippen MR) is 74.9 cm³/mol. The van der Waals surface area contributed by atoms with Crippen LogP contribution in [-0.4, -0.2) is 23.6 Å². The van der Waals surface area contributed by atoms with Crippen molar-refractivity contribution >= 4 is 23.1 Å². The van der Waals surface area contributed by atoms with Crippen LogP contribution in [0.15, 0.2) is 36.8 Å². The minimum Gasteiger partial charge on any atom is -0.396 e. The van der Waals surface area contributed by atoms with Gasteiger partial charge in [-0.2, -0.15) is 0 Å². The quantitative estimate of drug-likeness (QED) is 0.919. The van der Waals surface area contributed by atoms with Crippen molar-refractivity contribution in [2.45, 2.75) is 6.42 Å². The smallest absolute Gasteiger partial charge is 0.151 e. The number of nitrogens with two attached hydrogens (primary N) is 1. The summed E-state index contributed by atoms with van der Waals surface area (Å²) in [5.41, 5.74) is 7.73.